The molecular formula is C39H45ClFN5O3S. The second-order valence-corrected chi connectivity index (χ2v) is 17.2. The van der Waals surface area contributed by atoms with E-state index in [1.54, 1.807) is 0 Å². The molecule has 3 heterocycles. The number of halogens is 2. The van der Waals surface area contributed by atoms with Crippen LogP contribution >= 0.6 is 11.6 Å². The van der Waals surface area contributed by atoms with Crippen LogP contribution in [0.3, 0.4) is 0 Å². The number of rotatable bonds is 10. The molecule has 50 heavy (non-hydrogen) atoms. The molecule has 264 valence electrons. The van der Waals surface area contributed by atoms with Gasteiger partial charge in [0, 0.05) is 30.2 Å². The highest BCUT2D eigenvalue weighted by molar-refractivity contribution is 7.89. The summed E-state index contributed by atoms with van der Waals surface area (Å²) in [7, 11) is -3.96. The molecule has 2 aliphatic heterocycles. The number of benzene rings is 3. The Labute approximate surface area is 298 Å². The van der Waals surface area contributed by atoms with Crippen molar-refractivity contribution in [1.82, 2.24) is 24.5 Å². The predicted molar refractivity (Wildman–Crippen MR) is 193 cm³/mol. The van der Waals surface area contributed by atoms with Crippen LogP contribution in [-0.2, 0) is 15.4 Å². The van der Waals surface area contributed by atoms with E-state index in [9.17, 15) is 13.2 Å². The molecule has 2 N–H and O–H groups in total. The summed E-state index contributed by atoms with van der Waals surface area (Å²) in [5.41, 5.74) is 3.34. The predicted octanol–water partition coefficient (Wildman–Crippen LogP) is 7.45. The maximum Gasteiger partial charge on any atom is 0.254 e. The fraction of sp³-hybridized carbons (Fsp3) is 0.487. The number of hydrogen-bond donors (Lipinski definition) is 2. The lowest BCUT2D eigenvalue weighted by Crippen LogP contribution is -2.47. The topological polar surface area (TPSA) is 96.3 Å². The Kier molecular flexibility index (Phi) is 9.02. The second-order valence-electron chi connectivity index (χ2n) is 15.1. The summed E-state index contributed by atoms with van der Waals surface area (Å²) in [5, 5.41) is 2.79. The summed E-state index contributed by atoms with van der Waals surface area (Å²) < 4.78 is 45.8. The van der Waals surface area contributed by atoms with Gasteiger partial charge in [0.25, 0.3) is 5.91 Å². The lowest BCUT2D eigenvalue weighted by molar-refractivity contribution is 0.0849. The normalized spacial score (nSPS) is 27.1. The number of aryl methyl sites for hydroxylation is 1. The molecule has 1 aromatic heterocycles. The van der Waals surface area contributed by atoms with E-state index in [1.165, 1.54) is 23.9 Å². The van der Waals surface area contributed by atoms with Crippen molar-refractivity contribution in [3.05, 3.63) is 94.5 Å². The maximum atomic E-state index is 15.0. The molecule has 4 fully saturated rings. The third-order valence-electron chi connectivity index (χ3n) is 12.0. The number of nitrogens with one attached hydrogen (secondary N) is 2. The van der Waals surface area contributed by atoms with Crippen LogP contribution in [0.1, 0.15) is 98.4 Å². The standard InChI is InChI=1S/C39H45ClFN5O3S/c1-25-42-35-9-5-6-10-36(35)46(25)31-21-29-13-14-30(22-31)45(29)20-19-39(26-7-3-2-4-8-26)17-15-27(16-18-39)43-38(47)32-23-37(33(40)24-34(32)41)50(48,49)44-28-11-12-28/h2-10,23-24,27-31,44H,11-22H2,1H3,(H,43,47)/t27?,29-,30+,31?,39?. The van der Waals surface area contributed by atoms with E-state index in [2.05, 4.69) is 81.0 Å². The third kappa shape index (κ3) is 6.49. The quantitative estimate of drug-likeness (QED) is 0.178. The number of fused-ring (bicyclic) bond motifs is 3. The van der Waals surface area contributed by atoms with Crippen LogP contribution in [-0.4, -0.2) is 59.5 Å². The Bertz CT molecular complexity index is 1990. The van der Waals surface area contributed by atoms with Gasteiger partial charge in [0.2, 0.25) is 10.0 Å². The van der Waals surface area contributed by atoms with Gasteiger partial charge in [-0.2, -0.15) is 0 Å². The largest absolute Gasteiger partial charge is 0.349 e. The molecule has 2 saturated heterocycles. The van der Waals surface area contributed by atoms with E-state index in [4.69, 9.17) is 16.6 Å². The monoisotopic (exact) mass is 717 g/mol. The number of carbonyl (C=O) groups excluding carboxylic acids is 1. The minimum Gasteiger partial charge on any atom is -0.349 e. The fourth-order valence-corrected chi connectivity index (χ4v) is 11.1. The fourth-order valence-electron chi connectivity index (χ4n) is 9.24. The van der Waals surface area contributed by atoms with Crippen molar-refractivity contribution in [2.24, 2.45) is 0 Å². The third-order valence-corrected chi connectivity index (χ3v) is 13.9. The van der Waals surface area contributed by atoms with Crippen molar-refractivity contribution in [2.75, 3.05) is 6.54 Å². The lowest BCUT2D eigenvalue weighted by Gasteiger charge is -2.45. The average molecular weight is 718 g/mol. The molecule has 8 rings (SSSR count). The Balaban J connectivity index is 0.944. The van der Waals surface area contributed by atoms with E-state index in [1.807, 2.05) is 0 Å². The van der Waals surface area contributed by atoms with Crippen molar-refractivity contribution < 1.29 is 17.6 Å². The zero-order chi connectivity index (χ0) is 34.6. The number of para-hydroxylation sites is 2. The Hall–Kier alpha value is -3.31. The minimum absolute atomic E-state index is 0.0167. The summed E-state index contributed by atoms with van der Waals surface area (Å²) >= 11 is 6.14. The number of nitrogens with zero attached hydrogens (tertiary/aromatic N) is 3. The smallest absolute Gasteiger partial charge is 0.254 e. The van der Waals surface area contributed by atoms with Crippen molar-refractivity contribution in [3.63, 3.8) is 0 Å². The van der Waals surface area contributed by atoms with Crippen LogP contribution < -0.4 is 10.0 Å². The first-order valence-electron chi connectivity index (χ1n) is 18.2. The lowest BCUT2D eigenvalue weighted by atomic mass is 9.66. The Morgan fingerprint density at radius 1 is 0.920 bits per heavy atom. The van der Waals surface area contributed by atoms with Gasteiger partial charge >= 0.3 is 0 Å². The highest BCUT2D eigenvalue weighted by atomic mass is 35.5. The van der Waals surface area contributed by atoms with E-state index in [0.29, 0.717) is 18.1 Å². The highest BCUT2D eigenvalue weighted by Gasteiger charge is 2.44. The van der Waals surface area contributed by atoms with Gasteiger partial charge in [0.1, 0.15) is 16.5 Å². The van der Waals surface area contributed by atoms with E-state index >= 15 is 4.39 Å². The maximum absolute atomic E-state index is 15.0. The van der Waals surface area contributed by atoms with Gasteiger partial charge in [-0.1, -0.05) is 54.1 Å². The van der Waals surface area contributed by atoms with E-state index < -0.39 is 21.7 Å². The number of hydrogen-bond acceptors (Lipinski definition) is 5. The molecular weight excluding hydrogens is 673 g/mol. The summed E-state index contributed by atoms with van der Waals surface area (Å²) in [4.78, 5) is 20.8. The number of imidazole rings is 1. The van der Waals surface area contributed by atoms with Gasteiger partial charge in [-0.05, 0) is 119 Å². The molecule has 0 spiro atoms. The SMILES string of the molecule is Cc1nc2ccccc2n1C1C[C@H]2CC[C@@H](C1)N2CCC1(c2ccccc2)CCC(NC(=O)c2cc(S(=O)(=O)NC3CC3)c(Cl)cc2F)CC1. The van der Waals surface area contributed by atoms with E-state index in [0.717, 1.165) is 87.8 Å². The molecule has 8 nitrogen and oxygen atoms in total. The van der Waals surface area contributed by atoms with Crippen molar-refractivity contribution in [3.8, 4) is 0 Å². The summed E-state index contributed by atoms with van der Waals surface area (Å²) in [5.74, 6) is -0.340. The highest BCUT2D eigenvalue weighted by Crippen LogP contribution is 2.46. The van der Waals surface area contributed by atoms with Gasteiger partial charge in [-0.15, -0.1) is 0 Å². The average Bonchev–Trinajstić information content (AvgIpc) is 3.79. The van der Waals surface area contributed by atoms with Crippen LogP contribution in [0.5, 0.6) is 0 Å². The van der Waals surface area contributed by atoms with Crippen LogP contribution in [0.2, 0.25) is 5.02 Å². The molecule has 4 aliphatic rings. The molecule has 2 saturated carbocycles. The van der Waals surface area contributed by atoms with Crippen LogP contribution in [0, 0.1) is 12.7 Å². The molecule has 2 aliphatic carbocycles. The van der Waals surface area contributed by atoms with Gasteiger partial charge in [0.05, 0.1) is 21.6 Å². The number of piperidine rings is 1. The molecule has 3 aromatic carbocycles. The first-order chi connectivity index (χ1) is 24.1. The molecule has 0 radical (unpaired) electrons. The summed E-state index contributed by atoms with van der Waals surface area (Å²) in [6, 6.07) is 22.6. The molecule has 1 amide bonds. The zero-order valence-electron chi connectivity index (χ0n) is 28.5. The Morgan fingerprint density at radius 2 is 1.60 bits per heavy atom. The van der Waals surface area contributed by atoms with Gasteiger partial charge < -0.3 is 9.88 Å². The molecule has 3 atom stereocenters. The van der Waals surface area contributed by atoms with Crippen molar-refractivity contribution >= 4 is 38.6 Å². The van der Waals surface area contributed by atoms with Crippen molar-refractivity contribution in [1.29, 1.82) is 0 Å². The Morgan fingerprint density at radius 3 is 2.30 bits per heavy atom. The van der Waals surface area contributed by atoms with Gasteiger partial charge in [-0.3, -0.25) is 9.69 Å². The minimum atomic E-state index is -3.96. The first kappa shape index (κ1) is 33.8. The van der Waals surface area contributed by atoms with Gasteiger partial charge in [-0.25, -0.2) is 22.5 Å². The molecule has 4 aromatic rings. The summed E-state index contributed by atoms with van der Waals surface area (Å²) in [6.07, 6.45) is 10.6. The van der Waals surface area contributed by atoms with Crippen LogP contribution in [0.15, 0.2) is 71.6 Å². The van der Waals surface area contributed by atoms with Crippen LogP contribution in [0.4, 0.5) is 4.39 Å². The van der Waals surface area contributed by atoms with Crippen LogP contribution in [0.25, 0.3) is 11.0 Å². The molecule has 11 heteroatoms. The first-order valence-corrected chi connectivity index (χ1v) is 20.0. The number of sulfonamides is 1. The molecule has 2 bridgehead atoms. The van der Waals surface area contributed by atoms with Gasteiger partial charge in [0.15, 0.2) is 0 Å². The zero-order valence-corrected chi connectivity index (χ0v) is 30.0. The van der Waals surface area contributed by atoms with E-state index in [-0.39, 0.29) is 33.0 Å². The summed E-state index contributed by atoms with van der Waals surface area (Å²) in [6.45, 7) is 3.18. The number of carbonyl (C=O) groups is 1. The van der Waals surface area contributed by atoms with Crippen molar-refractivity contribution in [2.45, 2.75) is 118 Å². The number of aromatic nitrogens is 2. The molecule has 1 unspecified atom stereocenters. The second kappa shape index (κ2) is 13.3. The number of amides is 1.